The fraction of sp³-hybridized carbons (Fsp3) is 0.800. The van der Waals surface area contributed by atoms with Gasteiger partial charge in [0.2, 0.25) is 5.91 Å². The Morgan fingerprint density at radius 1 is 1.43 bits per heavy atom. The summed E-state index contributed by atoms with van der Waals surface area (Å²) in [6, 6.07) is 0. The zero-order valence-corrected chi connectivity index (χ0v) is 8.38. The molecule has 0 unspecified atom stereocenters. The van der Waals surface area contributed by atoms with Gasteiger partial charge in [0.05, 0.1) is 0 Å². The van der Waals surface area contributed by atoms with E-state index in [1.165, 1.54) is 6.42 Å². The van der Waals surface area contributed by atoms with Crippen molar-refractivity contribution in [1.29, 1.82) is 5.26 Å². The highest BCUT2D eigenvalue weighted by Gasteiger charge is 2.32. The van der Waals surface area contributed by atoms with Crippen LogP contribution in [0.1, 0.15) is 38.5 Å². The minimum Gasteiger partial charge on any atom is -0.330 e. The van der Waals surface area contributed by atoms with Crippen molar-refractivity contribution in [2.75, 3.05) is 6.54 Å². The van der Waals surface area contributed by atoms with Gasteiger partial charge < -0.3 is 5.73 Å². The molecule has 0 aromatic heterocycles. The van der Waals surface area contributed by atoms with E-state index in [1.54, 1.807) is 6.19 Å². The van der Waals surface area contributed by atoms with Gasteiger partial charge in [0.1, 0.15) is 0 Å². The number of carbonyl (C=O) groups is 1. The van der Waals surface area contributed by atoms with Crippen molar-refractivity contribution in [3.05, 3.63) is 0 Å². The number of hydrogen-bond acceptors (Lipinski definition) is 3. The largest absolute Gasteiger partial charge is 0.330 e. The number of amides is 1. The van der Waals surface area contributed by atoms with E-state index in [4.69, 9.17) is 11.0 Å². The van der Waals surface area contributed by atoms with Gasteiger partial charge in [-0.25, -0.2) is 0 Å². The average molecular weight is 195 g/mol. The van der Waals surface area contributed by atoms with Crippen molar-refractivity contribution < 1.29 is 4.79 Å². The number of hydrogen-bond donors (Lipinski definition) is 2. The van der Waals surface area contributed by atoms with Gasteiger partial charge in [-0.2, -0.15) is 5.26 Å². The van der Waals surface area contributed by atoms with Crippen molar-refractivity contribution in [1.82, 2.24) is 5.32 Å². The van der Waals surface area contributed by atoms with Crippen LogP contribution in [0, 0.1) is 16.9 Å². The lowest BCUT2D eigenvalue weighted by Gasteiger charge is -2.35. The minimum absolute atomic E-state index is 0.0425. The molecule has 14 heavy (non-hydrogen) atoms. The quantitative estimate of drug-likeness (QED) is 0.518. The Hall–Kier alpha value is -1.08. The zero-order valence-electron chi connectivity index (χ0n) is 8.38. The Morgan fingerprint density at radius 2 is 2.07 bits per heavy atom. The monoisotopic (exact) mass is 195 g/mol. The van der Waals surface area contributed by atoms with E-state index >= 15 is 0 Å². The average Bonchev–Trinajstić information content (AvgIpc) is 2.19. The van der Waals surface area contributed by atoms with Crippen molar-refractivity contribution >= 4 is 5.91 Å². The van der Waals surface area contributed by atoms with Crippen LogP contribution in [0.2, 0.25) is 0 Å². The molecular weight excluding hydrogens is 178 g/mol. The maximum absolute atomic E-state index is 11.3. The zero-order chi connectivity index (χ0) is 10.4. The predicted molar refractivity (Wildman–Crippen MR) is 52.9 cm³/mol. The molecule has 4 nitrogen and oxygen atoms in total. The van der Waals surface area contributed by atoms with E-state index in [0.717, 1.165) is 25.7 Å². The molecule has 0 radical (unpaired) electrons. The van der Waals surface area contributed by atoms with Gasteiger partial charge in [-0.3, -0.25) is 10.1 Å². The molecule has 3 N–H and O–H groups in total. The van der Waals surface area contributed by atoms with Gasteiger partial charge in [-0.05, 0) is 24.8 Å². The second-order valence-corrected chi connectivity index (χ2v) is 4.10. The summed E-state index contributed by atoms with van der Waals surface area (Å²) in [5.74, 6) is -0.195. The third-order valence-electron chi connectivity index (χ3n) is 3.08. The molecule has 1 rings (SSSR count). The maximum Gasteiger partial charge on any atom is 0.233 e. The first-order chi connectivity index (χ1) is 6.72. The Balaban J connectivity index is 2.52. The molecule has 1 aliphatic rings. The van der Waals surface area contributed by atoms with Crippen LogP contribution in [0.3, 0.4) is 0 Å². The Labute approximate surface area is 84.5 Å². The highest BCUT2D eigenvalue weighted by Crippen LogP contribution is 2.38. The molecule has 1 fully saturated rings. The summed E-state index contributed by atoms with van der Waals surface area (Å²) >= 11 is 0. The second-order valence-electron chi connectivity index (χ2n) is 4.10. The third-order valence-corrected chi connectivity index (χ3v) is 3.08. The van der Waals surface area contributed by atoms with E-state index in [2.05, 4.69) is 5.32 Å². The van der Waals surface area contributed by atoms with Gasteiger partial charge in [-0.15, -0.1) is 0 Å². The lowest BCUT2D eigenvalue weighted by Crippen LogP contribution is -2.37. The van der Waals surface area contributed by atoms with Gasteiger partial charge in [0.25, 0.3) is 0 Å². The number of carbonyl (C=O) groups excluding carboxylic acids is 1. The van der Waals surface area contributed by atoms with E-state index in [9.17, 15) is 4.79 Å². The Kier molecular flexibility index (Phi) is 3.90. The number of nitrogens with one attached hydrogen (secondary N) is 1. The Bertz CT molecular complexity index is 238. The minimum atomic E-state index is -0.195. The van der Waals surface area contributed by atoms with Crippen molar-refractivity contribution in [3.63, 3.8) is 0 Å². The summed E-state index contributed by atoms with van der Waals surface area (Å²) in [5, 5.41) is 10.5. The van der Waals surface area contributed by atoms with Gasteiger partial charge in [0, 0.05) is 6.42 Å². The first kappa shape index (κ1) is 11.0. The predicted octanol–water partition coefficient (Wildman–Crippen LogP) is 0.883. The molecule has 78 valence electrons. The van der Waals surface area contributed by atoms with Gasteiger partial charge in [-0.1, -0.05) is 19.3 Å². The lowest BCUT2D eigenvalue weighted by atomic mass is 9.72. The summed E-state index contributed by atoms with van der Waals surface area (Å²) in [7, 11) is 0. The summed E-state index contributed by atoms with van der Waals surface area (Å²) in [6.45, 7) is 0.547. The lowest BCUT2D eigenvalue weighted by molar-refractivity contribution is -0.122. The smallest absolute Gasteiger partial charge is 0.233 e. The normalized spacial score (nSPS) is 19.7. The molecule has 0 spiro atoms. The van der Waals surface area contributed by atoms with E-state index in [0.29, 0.717) is 13.0 Å². The first-order valence-corrected chi connectivity index (χ1v) is 5.10. The summed E-state index contributed by atoms with van der Waals surface area (Å²) in [6.07, 6.45) is 7.63. The number of nitrogens with zero attached hydrogens (tertiary/aromatic N) is 1. The molecule has 0 bridgehead atoms. The van der Waals surface area contributed by atoms with Gasteiger partial charge in [0.15, 0.2) is 6.19 Å². The van der Waals surface area contributed by atoms with Crippen LogP contribution in [-0.2, 0) is 4.79 Å². The van der Waals surface area contributed by atoms with Gasteiger partial charge >= 0.3 is 0 Å². The fourth-order valence-corrected chi connectivity index (χ4v) is 2.20. The van der Waals surface area contributed by atoms with Crippen molar-refractivity contribution in [3.8, 4) is 6.19 Å². The maximum atomic E-state index is 11.3. The molecule has 0 saturated heterocycles. The highest BCUT2D eigenvalue weighted by atomic mass is 16.1. The van der Waals surface area contributed by atoms with E-state index < -0.39 is 0 Å². The summed E-state index contributed by atoms with van der Waals surface area (Å²) in [4.78, 5) is 11.3. The van der Waals surface area contributed by atoms with Crippen LogP contribution >= 0.6 is 0 Å². The highest BCUT2D eigenvalue weighted by molar-refractivity contribution is 5.78. The van der Waals surface area contributed by atoms with Crippen LogP contribution in [-0.4, -0.2) is 12.5 Å². The second kappa shape index (κ2) is 4.97. The molecule has 1 amide bonds. The molecule has 1 saturated carbocycles. The van der Waals surface area contributed by atoms with E-state index in [-0.39, 0.29) is 11.3 Å². The number of nitriles is 1. The molecular formula is C10H17N3O. The number of rotatable bonds is 3. The molecule has 0 atom stereocenters. The summed E-state index contributed by atoms with van der Waals surface area (Å²) in [5.41, 5.74) is 5.68. The molecule has 0 aromatic rings. The molecule has 4 heteroatoms. The van der Waals surface area contributed by atoms with Crippen LogP contribution in [0.5, 0.6) is 0 Å². The fourth-order valence-electron chi connectivity index (χ4n) is 2.20. The van der Waals surface area contributed by atoms with Crippen molar-refractivity contribution in [2.24, 2.45) is 11.1 Å². The molecule has 0 aliphatic heterocycles. The Morgan fingerprint density at radius 3 is 2.57 bits per heavy atom. The van der Waals surface area contributed by atoms with Crippen LogP contribution in [0.15, 0.2) is 0 Å². The molecule has 0 heterocycles. The SMILES string of the molecule is N#CNC(=O)CC1(CN)CCCCC1. The summed E-state index contributed by atoms with van der Waals surface area (Å²) < 4.78 is 0. The van der Waals surface area contributed by atoms with Crippen LogP contribution < -0.4 is 11.1 Å². The van der Waals surface area contributed by atoms with Crippen molar-refractivity contribution in [2.45, 2.75) is 38.5 Å². The third kappa shape index (κ3) is 2.71. The standard InChI is InChI=1S/C10H17N3O/c11-7-10(4-2-1-3-5-10)6-9(14)13-8-12/h1-7,11H2,(H,13,14). The first-order valence-electron chi connectivity index (χ1n) is 5.10. The molecule has 0 aromatic carbocycles. The van der Waals surface area contributed by atoms with E-state index in [1.807, 2.05) is 0 Å². The molecule has 1 aliphatic carbocycles. The number of nitrogens with two attached hydrogens (primary N) is 1. The topological polar surface area (TPSA) is 78.9 Å². The van der Waals surface area contributed by atoms with Crippen LogP contribution in [0.4, 0.5) is 0 Å². The van der Waals surface area contributed by atoms with Crippen LogP contribution in [0.25, 0.3) is 0 Å².